The van der Waals surface area contributed by atoms with Gasteiger partial charge in [0.2, 0.25) is 0 Å². The third kappa shape index (κ3) is 1.72. The fourth-order valence-corrected chi connectivity index (χ4v) is 5.92. The van der Waals surface area contributed by atoms with E-state index < -0.39 is 0 Å². The van der Waals surface area contributed by atoms with Gasteiger partial charge in [-0.1, -0.05) is 31.6 Å². The topological polar surface area (TPSA) is 37.3 Å². The van der Waals surface area contributed by atoms with Gasteiger partial charge in [0.1, 0.15) is 0 Å². The molecule has 4 rings (SSSR count). The highest BCUT2D eigenvalue weighted by Crippen LogP contribution is 2.62. The molecule has 4 aliphatic rings. The molecule has 0 bridgehead atoms. The maximum atomic E-state index is 12.3. The fourth-order valence-electron chi connectivity index (χ4n) is 5.92. The Balaban J connectivity index is 1.71. The van der Waals surface area contributed by atoms with Crippen LogP contribution in [0.1, 0.15) is 52.4 Å². The zero-order chi connectivity index (χ0) is 14.8. The Labute approximate surface area is 127 Å². The maximum absolute atomic E-state index is 12.3. The van der Waals surface area contributed by atoms with Gasteiger partial charge in [0.15, 0.2) is 5.78 Å². The zero-order valence-electron chi connectivity index (χ0n) is 13.1. The first-order valence-electron chi connectivity index (χ1n) is 8.55. The van der Waals surface area contributed by atoms with E-state index in [1.165, 1.54) is 12.0 Å². The number of ketones is 1. The van der Waals surface area contributed by atoms with E-state index in [4.69, 9.17) is 0 Å². The Kier molecular flexibility index (Phi) is 2.83. The highest BCUT2D eigenvalue weighted by atomic mass is 16.3. The van der Waals surface area contributed by atoms with Crippen LogP contribution in [0.15, 0.2) is 23.8 Å². The lowest BCUT2D eigenvalue weighted by Crippen LogP contribution is -2.50. The molecular weight excluding hydrogens is 260 g/mol. The van der Waals surface area contributed by atoms with Crippen LogP contribution >= 0.6 is 0 Å². The van der Waals surface area contributed by atoms with E-state index in [-0.39, 0.29) is 16.9 Å². The number of hydrogen-bond donors (Lipinski definition) is 1. The number of carbonyl (C=O) groups excluding carboxylic acids is 1. The van der Waals surface area contributed by atoms with E-state index >= 15 is 0 Å². The Bertz CT molecular complexity index is 546. The second-order valence-electron chi connectivity index (χ2n) is 8.25. The van der Waals surface area contributed by atoms with E-state index in [2.05, 4.69) is 26.0 Å². The van der Waals surface area contributed by atoms with Gasteiger partial charge in [-0.15, -0.1) is 0 Å². The van der Waals surface area contributed by atoms with Crippen LogP contribution in [0, 0.1) is 28.6 Å². The average molecular weight is 286 g/mol. The van der Waals surface area contributed by atoms with Gasteiger partial charge in [0.25, 0.3) is 0 Å². The Morgan fingerprint density at radius 2 is 1.95 bits per heavy atom. The van der Waals surface area contributed by atoms with Gasteiger partial charge in [-0.05, 0) is 67.8 Å². The minimum atomic E-state index is -0.136. The molecule has 2 saturated carbocycles. The summed E-state index contributed by atoms with van der Waals surface area (Å²) >= 11 is 0. The fraction of sp³-hybridized carbons (Fsp3) is 0.737. The van der Waals surface area contributed by atoms with Crippen molar-refractivity contribution in [3.63, 3.8) is 0 Å². The maximum Gasteiger partial charge on any atom is 0.161 e. The highest BCUT2D eigenvalue weighted by molar-refractivity contribution is 5.97. The predicted molar refractivity (Wildman–Crippen MR) is 82.6 cm³/mol. The van der Waals surface area contributed by atoms with Crippen molar-refractivity contribution in [1.29, 1.82) is 0 Å². The minimum Gasteiger partial charge on any atom is -0.393 e. The van der Waals surface area contributed by atoms with Crippen LogP contribution in [0.4, 0.5) is 0 Å². The van der Waals surface area contributed by atoms with Crippen LogP contribution < -0.4 is 0 Å². The lowest BCUT2D eigenvalue weighted by Gasteiger charge is -2.56. The van der Waals surface area contributed by atoms with Gasteiger partial charge in [-0.2, -0.15) is 0 Å². The van der Waals surface area contributed by atoms with Crippen LogP contribution in [0.25, 0.3) is 0 Å². The molecule has 4 aliphatic carbocycles. The van der Waals surface area contributed by atoms with Gasteiger partial charge in [-0.25, -0.2) is 0 Å². The first kappa shape index (κ1) is 13.8. The zero-order valence-corrected chi connectivity index (χ0v) is 13.1. The summed E-state index contributed by atoms with van der Waals surface area (Å²) in [4.78, 5) is 12.3. The molecule has 1 N–H and O–H groups in total. The third-order valence-electron chi connectivity index (χ3n) is 7.35. The summed E-state index contributed by atoms with van der Waals surface area (Å²) in [5.41, 5.74) is 1.64. The number of aliphatic hydroxyl groups is 1. The molecule has 0 aromatic carbocycles. The average Bonchev–Trinajstić information content (AvgIpc) is 2.76. The molecule has 1 unspecified atom stereocenters. The second kappa shape index (κ2) is 4.32. The van der Waals surface area contributed by atoms with Gasteiger partial charge in [-0.3, -0.25) is 4.79 Å². The third-order valence-corrected chi connectivity index (χ3v) is 7.35. The predicted octanol–water partition coefficient (Wildman–Crippen LogP) is 3.66. The summed E-state index contributed by atoms with van der Waals surface area (Å²) < 4.78 is 0. The summed E-state index contributed by atoms with van der Waals surface area (Å²) in [6.07, 6.45) is 12.6. The molecule has 21 heavy (non-hydrogen) atoms. The first-order valence-corrected chi connectivity index (χ1v) is 8.55. The molecule has 0 radical (unpaired) electrons. The Hall–Kier alpha value is -0.890. The number of fused-ring (bicyclic) bond motifs is 5. The minimum absolute atomic E-state index is 0.128. The number of carbonyl (C=O) groups is 1. The quantitative estimate of drug-likeness (QED) is 0.690. The first-order chi connectivity index (χ1) is 9.95. The van der Waals surface area contributed by atoms with Crippen molar-refractivity contribution in [2.24, 2.45) is 28.6 Å². The molecule has 0 amide bonds. The number of allylic oxidation sites excluding steroid dienone is 3. The molecule has 0 aliphatic heterocycles. The molecule has 0 heterocycles. The largest absolute Gasteiger partial charge is 0.393 e. The van der Waals surface area contributed by atoms with Crippen LogP contribution in [-0.2, 0) is 4.79 Å². The van der Waals surface area contributed by atoms with E-state index in [0.717, 1.165) is 32.1 Å². The molecule has 0 aromatic rings. The Morgan fingerprint density at radius 1 is 1.19 bits per heavy atom. The van der Waals surface area contributed by atoms with Crippen LogP contribution in [0.2, 0.25) is 0 Å². The van der Waals surface area contributed by atoms with Crippen LogP contribution in [0.5, 0.6) is 0 Å². The standard InChI is InChI=1S/C19H26O2/c1-18-9-7-13(20)11-12(18)3-4-14-15-5-6-17(21)19(15,2)10-8-16(14)18/h3,5-6,13-16,20H,4,7-11H2,1-2H3/t13?,14-,15-,16+,18-,19-/m0/s1. The van der Waals surface area contributed by atoms with Crippen molar-refractivity contribution in [3.8, 4) is 0 Å². The van der Waals surface area contributed by atoms with Gasteiger partial charge in [0, 0.05) is 5.41 Å². The van der Waals surface area contributed by atoms with Crippen molar-refractivity contribution in [2.45, 2.75) is 58.5 Å². The molecule has 2 heteroatoms. The molecule has 0 aromatic heterocycles. The van der Waals surface area contributed by atoms with Crippen LogP contribution in [-0.4, -0.2) is 17.0 Å². The number of hydrogen-bond acceptors (Lipinski definition) is 2. The van der Waals surface area contributed by atoms with Crippen molar-refractivity contribution in [1.82, 2.24) is 0 Å². The van der Waals surface area contributed by atoms with Crippen molar-refractivity contribution in [2.75, 3.05) is 0 Å². The molecule has 2 fully saturated rings. The van der Waals surface area contributed by atoms with Gasteiger partial charge >= 0.3 is 0 Å². The Morgan fingerprint density at radius 3 is 2.76 bits per heavy atom. The summed E-state index contributed by atoms with van der Waals surface area (Å²) in [5.74, 6) is 2.10. The number of rotatable bonds is 0. The summed E-state index contributed by atoms with van der Waals surface area (Å²) in [6.45, 7) is 4.60. The summed E-state index contributed by atoms with van der Waals surface area (Å²) in [6, 6.07) is 0. The monoisotopic (exact) mass is 286 g/mol. The second-order valence-corrected chi connectivity index (χ2v) is 8.25. The SMILES string of the molecule is C[C@]12CCC(O)CC1=CC[C@@H]1[C@H]2CC[C@]2(C)C(=O)C=C[C@@H]12. The molecule has 114 valence electrons. The summed E-state index contributed by atoms with van der Waals surface area (Å²) in [7, 11) is 0. The number of aliphatic hydroxyl groups excluding tert-OH is 1. The van der Waals surface area contributed by atoms with E-state index in [9.17, 15) is 9.90 Å². The van der Waals surface area contributed by atoms with Crippen LogP contribution in [0.3, 0.4) is 0 Å². The van der Waals surface area contributed by atoms with Gasteiger partial charge < -0.3 is 5.11 Å². The van der Waals surface area contributed by atoms with E-state index in [1.807, 2.05) is 6.08 Å². The molecular formula is C19H26O2. The molecule has 6 atom stereocenters. The normalized spacial score (nSPS) is 52.0. The van der Waals surface area contributed by atoms with Crippen molar-refractivity contribution < 1.29 is 9.90 Å². The van der Waals surface area contributed by atoms with Crippen molar-refractivity contribution in [3.05, 3.63) is 23.8 Å². The van der Waals surface area contributed by atoms with E-state index in [0.29, 0.717) is 23.5 Å². The molecule has 2 nitrogen and oxygen atoms in total. The summed E-state index contributed by atoms with van der Waals surface area (Å²) in [5, 5.41) is 9.99. The van der Waals surface area contributed by atoms with Gasteiger partial charge in [0.05, 0.1) is 6.10 Å². The highest BCUT2D eigenvalue weighted by Gasteiger charge is 2.57. The van der Waals surface area contributed by atoms with Crippen molar-refractivity contribution >= 4 is 5.78 Å². The van der Waals surface area contributed by atoms with E-state index in [1.54, 1.807) is 0 Å². The lowest BCUT2D eigenvalue weighted by molar-refractivity contribution is -0.129. The smallest absolute Gasteiger partial charge is 0.161 e. The lowest BCUT2D eigenvalue weighted by atomic mass is 9.48. The molecule has 0 saturated heterocycles. The molecule has 0 spiro atoms.